The summed E-state index contributed by atoms with van der Waals surface area (Å²) in [5.74, 6) is 3.01. The Bertz CT molecular complexity index is 8950. The lowest BCUT2D eigenvalue weighted by Crippen LogP contribution is -2.29. The van der Waals surface area contributed by atoms with E-state index in [-0.39, 0.29) is 0 Å². The molecule has 0 unspecified atom stereocenters. The van der Waals surface area contributed by atoms with Crippen molar-refractivity contribution < 1.29 is 13.3 Å². The first-order valence-electron chi connectivity index (χ1n) is 44.6. The number of hydrogen-bond donors (Lipinski definition) is 0. The summed E-state index contributed by atoms with van der Waals surface area (Å²) in [5, 5.41) is 5.68. The molecule has 0 fully saturated rings. The highest BCUT2D eigenvalue weighted by Gasteiger charge is 2.52. The zero-order chi connectivity index (χ0) is 85.7. The van der Waals surface area contributed by atoms with Gasteiger partial charge < -0.3 is 13.3 Å². The molecule has 0 amide bonds. The van der Waals surface area contributed by atoms with Gasteiger partial charge >= 0.3 is 0 Å². The molecule has 2 spiro atoms. The van der Waals surface area contributed by atoms with Gasteiger partial charge in [-0.15, -0.1) is 0 Å². The largest absolute Gasteiger partial charge is 0.456 e. The molecule has 4 aliphatic carbocycles. The molecule has 5 heterocycles. The van der Waals surface area contributed by atoms with Gasteiger partial charge in [0.15, 0.2) is 34.9 Å². The Morgan fingerprint density at radius 2 is 0.473 bits per heavy atom. The number of aromatic nitrogens is 6. The summed E-state index contributed by atoms with van der Waals surface area (Å²) in [7, 11) is 0. The van der Waals surface area contributed by atoms with Gasteiger partial charge in [-0.3, -0.25) is 0 Å². The van der Waals surface area contributed by atoms with Gasteiger partial charge in [0.1, 0.15) is 33.5 Å². The fraction of sp³-hybridized carbons (Fsp3) is 0.0164. The van der Waals surface area contributed by atoms with Gasteiger partial charge in [0.25, 0.3) is 0 Å². The van der Waals surface area contributed by atoms with Crippen LogP contribution in [0.5, 0.6) is 0 Å². The lowest BCUT2D eigenvalue weighted by Gasteiger charge is -2.35. The molecule has 0 bridgehead atoms. The van der Waals surface area contributed by atoms with Crippen LogP contribution < -0.4 is 0 Å². The normalized spacial score (nSPS) is 13.2. The van der Waals surface area contributed by atoms with E-state index in [1.165, 1.54) is 77.9 Å². The Morgan fingerprint density at radius 1 is 0.145 bits per heavy atom. The van der Waals surface area contributed by atoms with E-state index in [2.05, 4.69) is 382 Å². The SMILES string of the molecule is c1ccc(-c2cc(-c3cccc(-c4ccc(-c5nc(-c6ccc7c(c6)-c6ccccc6-c6ccccc6C76c7ccccc7-c7ccccc76)nc(-c6cccc7oc8ccccc8c67)n5)c5c4oc4ccccc45)c3)cc(-c3nc(-c4ccc5c(c4)C4(c6ccccc6-c6ccccc6-5)c5ccccc5-c5ccccc54)nc(-c4cccc5c4oc4ccccc45)n3)c2)cc1. The van der Waals surface area contributed by atoms with Crippen LogP contribution in [-0.4, -0.2) is 29.9 Å². The fourth-order valence-electron chi connectivity index (χ4n) is 22.6. The van der Waals surface area contributed by atoms with Crippen LogP contribution in [0.25, 0.3) is 234 Å². The van der Waals surface area contributed by atoms with Gasteiger partial charge in [-0.2, -0.15) is 0 Å². The molecule has 0 N–H and O–H groups in total. The third-order valence-electron chi connectivity index (χ3n) is 28.1. The van der Waals surface area contributed by atoms with Crippen LogP contribution in [0.1, 0.15) is 44.5 Å². The minimum atomic E-state index is -0.745. The molecule has 28 rings (SSSR count). The molecule has 0 saturated heterocycles. The molecule has 4 aliphatic rings. The van der Waals surface area contributed by atoms with Gasteiger partial charge in [0.2, 0.25) is 0 Å². The Balaban J connectivity index is 0.629. The molecule has 9 heteroatoms. The van der Waals surface area contributed by atoms with Crippen LogP contribution in [0.4, 0.5) is 0 Å². The average molecular weight is 1670 g/mol. The number of fused-ring (bicyclic) bond motifs is 33. The Morgan fingerprint density at radius 3 is 1.07 bits per heavy atom. The van der Waals surface area contributed by atoms with E-state index in [1.807, 2.05) is 42.5 Å². The second kappa shape index (κ2) is 28.0. The molecule has 19 aromatic carbocycles. The number of nitrogens with zero attached hydrogens (tertiary/aromatic N) is 6. The highest BCUT2D eigenvalue weighted by Crippen LogP contribution is 2.65. The zero-order valence-electron chi connectivity index (χ0n) is 70.3. The molecule has 0 aliphatic heterocycles. The summed E-state index contributed by atoms with van der Waals surface area (Å²) in [6.07, 6.45) is 0. The molecule has 0 saturated carbocycles. The predicted molar refractivity (Wildman–Crippen MR) is 527 cm³/mol. The van der Waals surface area contributed by atoms with Gasteiger partial charge in [-0.05, 0) is 218 Å². The average Bonchev–Trinajstić information content (AvgIpc) is 1.52. The number of furan rings is 3. The van der Waals surface area contributed by atoms with E-state index in [0.717, 1.165) is 155 Å². The third-order valence-corrected chi connectivity index (χ3v) is 28.1. The minimum absolute atomic E-state index is 0.481. The van der Waals surface area contributed by atoms with Crippen LogP contribution in [0.2, 0.25) is 0 Å². The Kier molecular flexibility index (Phi) is 15.6. The summed E-state index contributed by atoms with van der Waals surface area (Å²) in [4.78, 5) is 34.1. The highest BCUT2D eigenvalue weighted by atomic mass is 16.3. The molecule has 0 atom stereocenters. The molecule has 131 heavy (non-hydrogen) atoms. The maximum Gasteiger partial charge on any atom is 0.167 e. The summed E-state index contributed by atoms with van der Waals surface area (Å²) in [6.45, 7) is 0. The van der Waals surface area contributed by atoms with Crippen LogP contribution in [0.15, 0.2) is 438 Å². The van der Waals surface area contributed by atoms with Crippen molar-refractivity contribution in [2.24, 2.45) is 0 Å². The molecular weight excluding hydrogens is 1600 g/mol. The van der Waals surface area contributed by atoms with Crippen LogP contribution in [-0.2, 0) is 10.8 Å². The monoisotopic (exact) mass is 1670 g/mol. The van der Waals surface area contributed by atoms with Crippen LogP contribution in [0.3, 0.4) is 0 Å². The maximum atomic E-state index is 7.31. The highest BCUT2D eigenvalue weighted by molar-refractivity contribution is 6.17. The lowest BCUT2D eigenvalue weighted by molar-refractivity contribution is 0.669. The second-order valence-electron chi connectivity index (χ2n) is 34.8. The summed E-state index contributed by atoms with van der Waals surface area (Å²) < 4.78 is 20.8. The van der Waals surface area contributed by atoms with Crippen molar-refractivity contribution in [3.63, 3.8) is 0 Å². The van der Waals surface area contributed by atoms with Crippen LogP contribution >= 0.6 is 0 Å². The van der Waals surface area contributed by atoms with Crippen molar-refractivity contribution in [3.05, 3.63) is 469 Å². The van der Waals surface area contributed by atoms with Crippen molar-refractivity contribution in [2.45, 2.75) is 10.8 Å². The summed E-state index contributed by atoms with van der Waals surface area (Å²) >= 11 is 0. The molecular formula is C122H70N6O3. The van der Waals surface area contributed by atoms with Crippen molar-refractivity contribution in [1.82, 2.24) is 29.9 Å². The third kappa shape index (κ3) is 10.6. The van der Waals surface area contributed by atoms with Gasteiger partial charge in [-0.25, -0.2) is 29.9 Å². The molecule has 5 aromatic heterocycles. The fourth-order valence-corrected chi connectivity index (χ4v) is 22.6. The Labute approximate surface area is 752 Å². The van der Waals surface area contributed by atoms with Crippen LogP contribution in [0, 0.1) is 0 Å². The Hall–Kier alpha value is -17.4. The quantitative estimate of drug-likeness (QED) is 0.139. The maximum absolute atomic E-state index is 7.31. The van der Waals surface area contributed by atoms with Gasteiger partial charge in [0.05, 0.1) is 16.4 Å². The lowest BCUT2D eigenvalue weighted by atomic mass is 9.65. The summed E-state index contributed by atoms with van der Waals surface area (Å²) in [5.41, 5.74) is 37.5. The standard InChI is InChI=1S/C122H70N6O3/c1-2-29-71(30-3-1)76-66-77(68-78(67-76)117-123-116(126-120(127-117)97-48-27-46-92-91-43-14-23-55-107(91)130-113(92)97)75-59-61-90-81-34-5-4-33-80(81)84-37-9-18-50-100(84)122(106(90)70-75)103-53-21-12-41-88(103)89-42-13-22-54-104(89)122)72-31-26-32-73(65-72)79-62-63-96(112-94-45-16-25-57-109(94)131-114(79)112)119-125-115(124-118(128-119)95-47-28-58-110-111(95)93-44-15-24-56-108(93)129-110)74-60-64-105-98(69-74)83-36-7-6-35-82(83)85-38-8-17-49-99(85)121(105)101-51-19-10-39-86(101)87-40-11-20-52-102(87)121/h1-70H. The second-order valence-corrected chi connectivity index (χ2v) is 34.8. The smallest absolute Gasteiger partial charge is 0.167 e. The van der Waals surface area contributed by atoms with E-state index >= 15 is 0 Å². The minimum Gasteiger partial charge on any atom is -0.456 e. The molecule has 0 radical (unpaired) electrons. The van der Waals surface area contributed by atoms with E-state index in [0.29, 0.717) is 46.1 Å². The number of benzene rings is 19. The topological polar surface area (TPSA) is 117 Å². The number of rotatable bonds is 9. The van der Waals surface area contributed by atoms with E-state index in [4.69, 9.17) is 43.2 Å². The van der Waals surface area contributed by atoms with Gasteiger partial charge in [-0.1, -0.05) is 346 Å². The molecule has 606 valence electrons. The van der Waals surface area contributed by atoms with E-state index < -0.39 is 10.8 Å². The van der Waals surface area contributed by atoms with Crippen molar-refractivity contribution in [1.29, 1.82) is 0 Å². The van der Waals surface area contributed by atoms with Crippen molar-refractivity contribution >= 4 is 65.8 Å². The van der Waals surface area contributed by atoms with E-state index in [9.17, 15) is 0 Å². The molecule has 9 nitrogen and oxygen atoms in total. The first-order chi connectivity index (χ1) is 64.9. The predicted octanol–water partition coefficient (Wildman–Crippen LogP) is 30.8. The first kappa shape index (κ1) is 72.9. The zero-order valence-corrected chi connectivity index (χ0v) is 70.3. The first-order valence-corrected chi connectivity index (χ1v) is 44.6. The van der Waals surface area contributed by atoms with Gasteiger partial charge in [0, 0.05) is 65.7 Å². The van der Waals surface area contributed by atoms with Crippen molar-refractivity contribution in [3.8, 4) is 168 Å². The number of hydrogen-bond acceptors (Lipinski definition) is 9. The van der Waals surface area contributed by atoms with Crippen molar-refractivity contribution in [2.75, 3.05) is 0 Å². The summed E-state index contributed by atoms with van der Waals surface area (Å²) in [6, 6.07) is 153. The molecule has 24 aromatic rings. The van der Waals surface area contributed by atoms with E-state index in [1.54, 1.807) is 0 Å². The number of para-hydroxylation sites is 4.